The molecule has 4 heteroatoms. The van der Waals surface area contributed by atoms with Crippen LogP contribution in [0.2, 0.25) is 0 Å². The molecule has 2 fully saturated rings. The lowest BCUT2D eigenvalue weighted by atomic mass is 9.96. The van der Waals surface area contributed by atoms with E-state index < -0.39 is 9.84 Å². The highest BCUT2D eigenvalue weighted by molar-refractivity contribution is 7.90. The van der Waals surface area contributed by atoms with Gasteiger partial charge in [-0.15, -0.1) is 0 Å². The summed E-state index contributed by atoms with van der Waals surface area (Å²) in [6.07, 6.45) is 4.69. The topological polar surface area (TPSA) is 37.4 Å². The second kappa shape index (κ2) is 5.64. The number of hydrogen-bond acceptors (Lipinski definition) is 3. The molecule has 1 heterocycles. The Morgan fingerprint density at radius 1 is 1.23 bits per heavy atom. The van der Waals surface area contributed by atoms with E-state index in [1.54, 1.807) is 0 Å². The molecule has 1 aromatic rings. The van der Waals surface area contributed by atoms with Crippen LogP contribution >= 0.6 is 0 Å². The second-order valence-corrected chi connectivity index (χ2v) is 9.83. The predicted molar refractivity (Wildman–Crippen MR) is 90.9 cm³/mol. The summed E-state index contributed by atoms with van der Waals surface area (Å²) < 4.78 is 23.3. The summed E-state index contributed by atoms with van der Waals surface area (Å²) in [4.78, 5) is 2.52. The molecule has 0 radical (unpaired) electrons. The monoisotopic (exact) mass is 321 g/mol. The number of likely N-dealkylation sites (tertiary alicyclic amines) is 1. The van der Waals surface area contributed by atoms with Crippen LogP contribution in [0.3, 0.4) is 0 Å². The van der Waals surface area contributed by atoms with Gasteiger partial charge in [0.25, 0.3) is 0 Å². The first-order valence-electron chi connectivity index (χ1n) is 8.25. The maximum absolute atomic E-state index is 11.6. The quantitative estimate of drug-likeness (QED) is 0.836. The SMILES string of the molecule is Cc1ccc(C2CC(C)N(CC3(CS(C)(=O)=O)CC3)C2)cc1. The molecule has 1 saturated carbocycles. The van der Waals surface area contributed by atoms with Gasteiger partial charge in [0.05, 0.1) is 5.75 Å². The normalized spacial score (nSPS) is 28.0. The van der Waals surface area contributed by atoms with E-state index in [9.17, 15) is 8.42 Å². The standard InChI is InChI=1S/C18H27NO2S/c1-14-4-6-16(7-5-14)17-10-15(2)19(11-17)12-18(8-9-18)13-22(3,20)21/h4-7,15,17H,8-13H2,1-3H3. The third kappa shape index (κ3) is 3.72. The fourth-order valence-corrected chi connectivity index (χ4v) is 5.40. The first-order valence-corrected chi connectivity index (χ1v) is 10.3. The molecular formula is C18H27NO2S. The van der Waals surface area contributed by atoms with E-state index in [1.807, 2.05) is 0 Å². The Labute approximate surface area is 134 Å². The van der Waals surface area contributed by atoms with E-state index in [4.69, 9.17) is 0 Å². The summed E-state index contributed by atoms with van der Waals surface area (Å²) in [5, 5.41) is 0. The van der Waals surface area contributed by atoms with Crippen molar-refractivity contribution in [2.45, 2.75) is 45.1 Å². The second-order valence-electron chi connectivity index (χ2n) is 7.69. The minimum absolute atomic E-state index is 0.0456. The van der Waals surface area contributed by atoms with Gasteiger partial charge in [0.1, 0.15) is 9.84 Å². The van der Waals surface area contributed by atoms with Crippen LogP contribution in [0.4, 0.5) is 0 Å². The van der Waals surface area contributed by atoms with E-state index in [2.05, 4.69) is 43.0 Å². The van der Waals surface area contributed by atoms with Crippen molar-refractivity contribution < 1.29 is 8.42 Å². The Morgan fingerprint density at radius 2 is 1.86 bits per heavy atom. The van der Waals surface area contributed by atoms with Gasteiger partial charge in [0, 0.05) is 25.4 Å². The number of sulfone groups is 1. The molecule has 122 valence electrons. The number of benzene rings is 1. The number of hydrogen-bond donors (Lipinski definition) is 0. The van der Waals surface area contributed by atoms with E-state index in [1.165, 1.54) is 23.8 Å². The van der Waals surface area contributed by atoms with Crippen molar-refractivity contribution >= 4 is 9.84 Å². The average Bonchev–Trinajstić information content (AvgIpc) is 3.04. The van der Waals surface area contributed by atoms with Gasteiger partial charge in [-0.05, 0) is 50.0 Å². The van der Waals surface area contributed by atoms with Crippen molar-refractivity contribution in [1.29, 1.82) is 0 Å². The molecule has 0 bridgehead atoms. The molecule has 0 spiro atoms. The minimum Gasteiger partial charge on any atom is -0.299 e. The van der Waals surface area contributed by atoms with Gasteiger partial charge in [-0.2, -0.15) is 0 Å². The summed E-state index contributed by atoms with van der Waals surface area (Å²) in [5.74, 6) is 0.947. The van der Waals surface area contributed by atoms with Crippen LogP contribution in [-0.4, -0.2) is 44.5 Å². The van der Waals surface area contributed by atoms with Gasteiger partial charge in [0.15, 0.2) is 0 Å². The summed E-state index contributed by atoms with van der Waals surface area (Å²) >= 11 is 0. The Hall–Kier alpha value is -0.870. The van der Waals surface area contributed by atoms with Gasteiger partial charge in [0.2, 0.25) is 0 Å². The van der Waals surface area contributed by atoms with E-state index in [-0.39, 0.29) is 5.41 Å². The molecule has 22 heavy (non-hydrogen) atoms. The van der Waals surface area contributed by atoms with E-state index >= 15 is 0 Å². The van der Waals surface area contributed by atoms with E-state index in [0.29, 0.717) is 17.7 Å². The summed E-state index contributed by atoms with van der Waals surface area (Å²) in [7, 11) is -2.88. The predicted octanol–water partition coefficient (Wildman–Crippen LogP) is 3.00. The zero-order valence-corrected chi connectivity index (χ0v) is 14.7. The summed E-state index contributed by atoms with van der Waals surface area (Å²) in [6, 6.07) is 9.42. The maximum Gasteiger partial charge on any atom is 0.148 e. The van der Waals surface area contributed by atoms with Crippen LogP contribution in [0.25, 0.3) is 0 Å². The van der Waals surface area contributed by atoms with Gasteiger partial charge >= 0.3 is 0 Å². The number of rotatable bonds is 5. The van der Waals surface area contributed by atoms with Gasteiger partial charge in [-0.1, -0.05) is 29.8 Å². The van der Waals surface area contributed by atoms with Crippen LogP contribution in [0.1, 0.15) is 43.2 Å². The Morgan fingerprint density at radius 3 is 2.41 bits per heavy atom. The van der Waals surface area contributed by atoms with Crippen LogP contribution in [0.15, 0.2) is 24.3 Å². The van der Waals surface area contributed by atoms with Gasteiger partial charge < -0.3 is 0 Å². The molecule has 3 nitrogen and oxygen atoms in total. The number of aryl methyl sites for hydroxylation is 1. The van der Waals surface area contributed by atoms with Gasteiger partial charge in [-0.3, -0.25) is 4.90 Å². The fraction of sp³-hybridized carbons (Fsp3) is 0.667. The highest BCUT2D eigenvalue weighted by Gasteiger charge is 2.48. The molecule has 2 atom stereocenters. The van der Waals surface area contributed by atoms with Crippen molar-refractivity contribution in [2.24, 2.45) is 5.41 Å². The van der Waals surface area contributed by atoms with Crippen LogP contribution in [-0.2, 0) is 9.84 Å². The van der Waals surface area contributed by atoms with Crippen molar-refractivity contribution in [3.63, 3.8) is 0 Å². The number of nitrogens with zero attached hydrogens (tertiary/aromatic N) is 1. The van der Waals surface area contributed by atoms with Crippen molar-refractivity contribution in [3.8, 4) is 0 Å². The summed E-state index contributed by atoms with van der Waals surface area (Å²) in [6.45, 7) is 6.42. The smallest absolute Gasteiger partial charge is 0.148 e. The zero-order valence-electron chi connectivity index (χ0n) is 13.9. The third-order valence-corrected chi connectivity index (χ3v) is 6.45. The molecule has 1 aliphatic heterocycles. The average molecular weight is 321 g/mol. The lowest BCUT2D eigenvalue weighted by Crippen LogP contribution is -2.36. The molecule has 1 saturated heterocycles. The molecule has 2 unspecified atom stereocenters. The first-order chi connectivity index (χ1) is 10.3. The zero-order chi connectivity index (χ0) is 16.0. The Kier molecular flexibility index (Phi) is 4.11. The highest BCUT2D eigenvalue weighted by atomic mass is 32.2. The summed E-state index contributed by atoms with van der Waals surface area (Å²) in [5.41, 5.74) is 2.77. The van der Waals surface area contributed by atoms with Gasteiger partial charge in [-0.25, -0.2) is 8.42 Å². The maximum atomic E-state index is 11.6. The molecule has 0 aromatic heterocycles. The largest absolute Gasteiger partial charge is 0.299 e. The van der Waals surface area contributed by atoms with Crippen LogP contribution < -0.4 is 0 Å². The first kappa shape index (κ1) is 16.0. The van der Waals surface area contributed by atoms with Crippen molar-refractivity contribution in [1.82, 2.24) is 4.90 Å². The molecule has 0 amide bonds. The minimum atomic E-state index is -2.88. The van der Waals surface area contributed by atoms with Crippen molar-refractivity contribution in [2.75, 3.05) is 25.1 Å². The third-order valence-electron chi connectivity index (χ3n) is 5.32. The molecule has 1 aromatic carbocycles. The molecule has 2 aliphatic rings. The lowest BCUT2D eigenvalue weighted by Gasteiger charge is -2.26. The Bertz CT molecular complexity index is 632. The van der Waals surface area contributed by atoms with E-state index in [0.717, 1.165) is 25.9 Å². The molecule has 1 aliphatic carbocycles. The lowest BCUT2D eigenvalue weighted by molar-refractivity contribution is 0.222. The molecular weight excluding hydrogens is 294 g/mol. The molecule has 3 rings (SSSR count). The Balaban J connectivity index is 1.65. The van der Waals surface area contributed by atoms with Crippen LogP contribution in [0.5, 0.6) is 0 Å². The highest BCUT2D eigenvalue weighted by Crippen LogP contribution is 2.49. The molecule has 0 N–H and O–H groups in total. The van der Waals surface area contributed by atoms with Crippen LogP contribution in [0, 0.1) is 12.3 Å². The fourth-order valence-electron chi connectivity index (χ4n) is 3.91. The van der Waals surface area contributed by atoms with Crippen molar-refractivity contribution in [3.05, 3.63) is 35.4 Å².